The molecule has 0 radical (unpaired) electrons. The van der Waals surface area contributed by atoms with E-state index < -0.39 is 0 Å². The van der Waals surface area contributed by atoms with Crippen molar-refractivity contribution in [3.8, 4) is 11.5 Å². The second-order valence-corrected chi connectivity index (χ2v) is 7.13. The Morgan fingerprint density at radius 1 is 1.17 bits per heavy atom. The molecule has 0 bridgehead atoms. The number of halogens is 1. The van der Waals surface area contributed by atoms with Gasteiger partial charge in [-0.2, -0.15) is 0 Å². The molecule has 0 aliphatic heterocycles. The van der Waals surface area contributed by atoms with Crippen LogP contribution >= 0.6 is 24.0 Å². The summed E-state index contributed by atoms with van der Waals surface area (Å²) in [6.07, 6.45) is 6.98. The Bertz CT molecular complexity index is 664. The number of rotatable bonds is 11. The molecule has 1 aliphatic carbocycles. The zero-order valence-corrected chi connectivity index (χ0v) is 20.7. The third kappa shape index (κ3) is 8.97. The lowest BCUT2D eigenvalue weighted by molar-refractivity contribution is -0.140. The smallest absolute Gasteiger partial charge is 0.305 e. The van der Waals surface area contributed by atoms with E-state index in [9.17, 15) is 4.79 Å². The van der Waals surface area contributed by atoms with Gasteiger partial charge in [0, 0.05) is 25.1 Å². The second kappa shape index (κ2) is 15.1. The molecule has 1 aromatic carbocycles. The molecule has 1 fully saturated rings. The average Bonchev–Trinajstić information content (AvgIpc) is 3.25. The molecule has 7 nitrogen and oxygen atoms in total. The van der Waals surface area contributed by atoms with E-state index in [1.807, 2.05) is 25.1 Å². The van der Waals surface area contributed by atoms with Crippen LogP contribution in [0.5, 0.6) is 11.5 Å². The Kier molecular flexibility index (Phi) is 13.3. The Balaban J connectivity index is 0.00000450. The molecular weight excluding hydrogens is 497 g/mol. The van der Waals surface area contributed by atoms with Gasteiger partial charge in [0.15, 0.2) is 17.5 Å². The van der Waals surface area contributed by atoms with Crippen LogP contribution in [0.1, 0.15) is 57.4 Å². The number of benzene rings is 1. The maximum atomic E-state index is 11.2. The summed E-state index contributed by atoms with van der Waals surface area (Å²) in [7, 11) is 3.09. The van der Waals surface area contributed by atoms with Gasteiger partial charge >= 0.3 is 5.97 Å². The van der Waals surface area contributed by atoms with Crippen molar-refractivity contribution in [2.45, 2.75) is 64.5 Å². The maximum absolute atomic E-state index is 11.2. The van der Waals surface area contributed by atoms with Gasteiger partial charge in [0.2, 0.25) is 0 Å². The van der Waals surface area contributed by atoms with E-state index in [0.29, 0.717) is 13.0 Å². The highest BCUT2D eigenvalue weighted by Gasteiger charge is 2.20. The number of aliphatic imine (C=N–C) groups is 1. The fourth-order valence-electron chi connectivity index (χ4n) is 3.36. The first kappa shape index (κ1) is 26.3. The molecule has 1 aliphatic rings. The molecule has 0 aromatic heterocycles. The van der Waals surface area contributed by atoms with Crippen molar-refractivity contribution in [2.75, 3.05) is 27.3 Å². The number of carbonyl (C=O) groups is 1. The first-order chi connectivity index (χ1) is 14.2. The molecular formula is C22H36IN3O4. The molecule has 170 valence electrons. The van der Waals surface area contributed by atoms with E-state index in [2.05, 4.69) is 15.4 Å². The molecule has 2 rings (SSSR count). The van der Waals surface area contributed by atoms with Crippen LogP contribution in [0, 0.1) is 0 Å². The highest BCUT2D eigenvalue weighted by atomic mass is 127. The third-order valence-electron chi connectivity index (χ3n) is 4.95. The van der Waals surface area contributed by atoms with Crippen LogP contribution in [0.15, 0.2) is 23.2 Å². The van der Waals surface area contributed by atoms with Gasteiger partial charge in [0.25, 0.3) is 0 Å². The van der Waals surface area contributed by atoms with E-state index in [0.717, 1.165) is 61.8 Å². The molecule has 1 saturated carbocycles. The third-order valence-corrected chi connectivity index (χ3v) is 4.95. The number of carbonyl (C=O) groups excluding carboxylic acids is 1. The highest BCUT2D eigenvalue weighted by molar-refractivity contribution is 14.0. The molecule has 0 spiro atoms. The number of ether oxygens (including phenoxy) is 3. The number of guanidine groups is 1. The lowest BCUT2D eigenvalue weighted by Gasteiger charge is -2.19. The Morgan fingerprint density at radius 3 is 2.60 bits per heavy atom. The van der Waals surface area contributed by atoms with Crippen molar-refractivity contribution in [3.63, 3.8) is 0 Å². The quantitative estimate of drug-likeness (QED) is 0.147. The summed E-state index contributed by atoms with van der Waals surface area (Å²) >= 11 is 0. The summed E-state index contributed by atoms with van der Waals surface area (Å²) in [5, 5.41) is 6.58. The summed E-state index contributed by atoms with van der Waals surface area (Å²) in [5.41, 5.74) is 1.01. The zero-order valence-electron chi connectivity index (χ0n) is 18.4. The minimum Gasteiger partial charge on any atom is -0.493 e. The number of methoxy groups -OCH3 is 2. The van der Waals surface area contributed by atoms with E-state index in [1.54, 1.807) is 7.11 Å². The van der Waals surface area contributed by atoms with Crippen molar-refractivity contribution >= 4 is 35.9 Å². The molecule has 8 heteroatoms. The first-order valence-electron chi connectivity index (χ1n) is 10.6. The second-order valence-electron chi connectivity index (χ2n) is 7.13. The van der Waals surface area contributed by atoms with Gasteiger partial charge in [0.05, 0.1) is 26.9 Å². The summed E-state index contributed by atoms with van der Waals surface area (Å²) in [5.74, 6) is 2.14. The number of hydrogen-bond acceptors (Lipinski definition) is 5. The van der Waals surface area contributed by atoms with Crippen molar-refractivity contribution in [2.24, 2.45) is 4.99 Å². The molecule has 0 saturated heterocycles. The summed E-state index contributed by atoms with van der Waals surface area (Å²) < 4.78 is 16.5. The van der Waals surface area contributed by atoms with Crippen LogP contribution in [0.2, 0.25) is 0 Å². The van der Waals surface area contributed by atoms with E-state index in [1.165, 1.54) is 20.0 Å². The van der Waals surface area contributed by atoms with Gasteiger partial charge in [-0.15, -0.1) is 24.0 Å². The predicted molar refractivity (Wildman–Crippen MR) is 130 cm³/mol. The number of nitrogens with one attached hydrogen (secondary N) is 2. The number of nitrogens with zero attached hydrogens (tertiary/aromatic N) is 1. The largest absolute Gasteiger partial charge is 0.493 e. The van der Waals surface area contributed by atoms with Crippen LogP contribution in [-0.2, 0) is 16.1 Å². The summed E-state index contributed by atoms with van der Waals surface area (Å²) in [6, 6.07) is 5.94. The lowest BCUT2D eigenvalue weighted by Crippen LogP contribution is -2.37. The Hall–Kier alpha value is -1.71. The van der Waals surface area contributed by atoms with Crippen LogP contribution in [0.25, 0.3) is 0 Å². The van der Waals surface area contributed by atoms with Crippen LogP contribution in [0.3, 0.4) is 0 Å². The SMILES string of the molecule is CCNC(=NCc1cccc(OC)c1OC1CCCC1)NCCCCC(=O)OC.I. The fraction of sp³-hybridized carbons (Fsp3) is 0.636. The molecule has 0 unspecified atom stereocenters. The number of hydrogen-bond donors (Lipinski definition) is 2. The standard InChI is InChI=1S/C22H35N3O4.HI/c1-4-23-22(24-15-8-7-14-20(26)28-3)25-16-17-10-9-13-19(27-2)21(17)29-18-11-5-6-12-18;/h9-10,13,18H,4-8,11-12,14-16H2,1-3H3,(H2,23,24,25);1H. The molecule has 0 amide bonds. The van der Waals surface area contributed by atoms with Gasteiger partial charge in [-0.1, -0.05) is 12.1 Å². The van der Waals surface area contributed by atoms with Crippen LogP contribution in [-0.4, -0.2) is 45.3 Å². The van der Waals surface area contributed by atoms with E-state index in [4.69, 9.17) is 14.5 Å². The lowest BCUT2D eigenvalue weighted by atomic mass is 10.1. The zero-order chi connectivity index (χ0) is 20.9. The first-order valence-corrected chi connectivity index (χ1v) is 10.6. The summed E-state index contributed by atoms with van der Waals surface area (Å²) in [4.78, 5) is 15.9. The van der Waals surface area contributed by atoms with Crippen molar-refractivity contribution in [1.82, 2.24) is 10.6 Å². The number of para-hydroxylation sites is 1. The van der Waals surface area contributed by atoms with Crippen LogP contribution in [0.4, 0.5) is 0 Å². The van der Waals surface area contributed by atoms with Crippen LogP contribution < -0.4 is 20.1 Å². The Labute approximate surface area is 197 Å². The minimum atomic E-state index is -0.168. The highest BCUT2D eigenvalue weighted by Crippen LogP contribution is 2.35. The van der Waals surface area contributed by atoms with Crippen molar-refractivity contribution in [1.29, 1.82) is 0 Å². The molecule has 2 N–H and O–H groups in total. The molecule has 1 aromatic rings. The van der Waals surface area contributed by atoms with Gasteiger partial charge in [0.1, 0.15) is 0 Å². The average molecular weight is 533 g/mol. The fourth-order valence-corrected chi connectivity index (χ4v) is 3.36. The van der Waals surface area contributed by atoms with E-state index >= 15 is 0 Å². The molecule has 0 atom stereocenters. The molecule has 30 heavy (non-hydrogen) atoms. The topological polar surface area (TPSA) is 81.2 Å². The monoisotopic (exact) mass is 533 g/mol. The van der Waals surface area contributed by atoms with Crippen molar-refractivity contribution < 1.29 is 19.0 Å². The van der Waals surface area contributed by atoms with E-state index in [-0.39, 0.29) is 36.0 Å². The van der Waals surface area contributed by atoms with Gasteiger partial charge in [-0.05, 0) is 51.5 Å². The number of unbranched alkanes of at least 4 members (excludes halogenated alkanes) is 1. The van der Waals surface area contributed by atoms with Gasteiger partial charge < -0.3 is 24.8 Å². The van der Waals surface area contributed by atoms with Crippen molar-refractivity contribution in [3.05, 3.63) is 23.8 Å². The summed E-state index contributed by atoms with van der Waals surface area (Å²) in [6.45, 7) is 4.05. The molecule has 0 heterocycles. The number of esters is 1. The normalized spacial score (nSPS) is 14.0. The predicted octanol–water partition coefficient (Wildman–Crippen LogP) is 4.03. The van der Waals surface area contributed by atoms with Gasteiger partial charge in [-0.25, -0.2) is 4.99 Å². The Morgan fingerprint density at radius 2 is 1.93 bits per heavy atom. The minimum absolute atomic E-state index is 0. The van der Waals surface area contributed by atoms with Gasteiger partial charge in [-0.3, -0.25) is 4.79 Å². The maximum Gasteiger partial charge on any atom is 0.305 e.